The monoisotopic (exact) mass is 256 g/mol. The van der Waals surface area contributed by atoms with Gasteiger partial charge in [-0.2, -0.15) is 0 Å². The summed E-state index contributed by atoms with van der Waals surface area (Å²) >= 11 is 6.08. The highest BCUT2D eigenvalue weighted by atomic mass is 35.5. The van der Waals surface area contributed by atoms with Crippen LogP contribution in [-0.4, -0.2) is 24.4 Å². The van der Waals surface area contributed by atoms with E-state index >= 15 is 0 Å². The summed E-state index contributed by atoms with van der Waals surface area (Å²) in [5.74, 6) is 0.645. The van der Waals surface area contributed by atoms with Crippen LogP contribution in [0.15, 0.2) is 18.2 Å². The molecule has 4 heteroatoms. The molecule has 0 aliphatic carbocycles. The van der Waals surface area contributed by atoms with Crippen LogP contribution in [0, 0.1) is 0 Å². The van der Waals surface area contributed by atoms with Crippen LogP contribution in [0.3, 0.4) is 0 Å². The summed E-state index contributed by atoms with van der Waals surface area (Å²) in [5.41, 5.74) is 0.791. The first-order chi connectivity index (χ1) is 8.16. The summed E-state index contributed by atoms with van der Waals surface area (Å²) in [7, 11) is 0. The lowest BCUT2D eigenvalue weighted by atomic mass is 10.1. The average molecular weight is 257 g/mol. The minimum Gasteiger partial charge on any atom is -0.489 e. The Bertz CT molecular complexity index is 373. The summed E-state index contributed by atoms with van der Waals surface area (Å²) in [6.07, 6.45) is 1.81. The number of rotatable bonds is 4. The van der Waals surface area contributed by atoms with Crippen molar-refractivity contribution >= 4 is 11.6 Å². The number of halogens is 1. The van der Waals surface area contributed by atoms with E-state index in [0.29, 0.717) is 17.4 Å². The van der Waals surface area contributed by atoms with Gasteiger partial charge in [0.05, 0.1) is 17.2 Å². The van der Waals surface area contributed by atoms with E-state index in [9.17, 15) is 5.11 Å². The van der Waals surface area contributed by atoms with E-state index in [1.807, 2.05) is 6.07 Å². The maximum atomic E-state index is 9.42. The predicted octanol–water partition coefficient (Wildman–Crippen LogP) is 2.95. The second-order valence-corrected chi connectivity index (χ2v) is 4.72. The van der Waals surface area contributed by atoms with Crippen LogP contribution in [0.2, 0.25) is 5.02 Å². The number of ether oxygens (including phenoxy) is 2. The molecule has 1 fully saturated rings. The third-order valence-corrected chi connectivity index (χ3v) is 3.18. The summed E-state index contributed by atoms with van der Waals surface area (Å²) in [4.78, 5) is 0. The molecule has 2 atom stereocenters. The van der Waals surface area contributed by atoms with Crippen LogP contribution in [-0.2, 0) is 4.74 Å². The predicted molar refractivity (Wildman–Crippen MR) is 66.6 cm³/mol. The standard InChI is InChI=1S/C13H17ClO3/c1-9(15)10-4-5-13(12(14)7-10)17-8-11-3-2-6-16-11/h4-5,7,9,11,15H,2-3,6,8H2,1H3/t9-,11?/m1/s1. The van der Waals surface area contributed by atoms with E-state index < -0.39 is 6.10 Å². The van der Waals surface area contributed by atoms with Gasteiger partial charge in [-0.3, -0.25) is 0 Å². The van der Waals surface area contributed by atoms with Gasteiger partial charge < -0.3 is 14.6 Å². The molecule has 1 N–H and O–H groups in total. The Morgan fingerprint density at radius 3 is 3.00 bits per heavy atom. The first kappa shape index (κ1) is 12.7. The molecular weight excluding hydrogens is 240 g/mol. The number of benzene rings is 1. The van der Waals surface area contributed by atoms with E-state index in [-0.39, 0.29) is 6.10 Å². The SMILES string of the molecule is C[C@@H](O)c1ccc(OCC2CCCO2)c(Cl)c1. The smallest absolute Gasteiger partial charge is 0.138 e. The van der Waals surface area contributed by atoms with Crippen molar-refractivity contribution in [3.63, 3.8) is 0 Å². The molecule has 1 aliphatic rings. The van der Waals surface area contributed by atoms with Crippen LogP contribution in [0.1, 0.15) is 31.4 Å². The normalized spacial score (nSPS) is 21.5. The van der Waals surface area contributed by atoms with Crippen molar-refractivity contribution < 1.29 is 14.6 Å². The lowest BCUT2D eigenvalue weighted by Gasteiger charge is -2.13. The molecule has 3 nitrogen and oxygen atoms in total. The van der Waals surface area contributed by atoms with Gasteiger partial charge in [0, 0.05) is 6.61 Å². The summed E-state index contributed by atoms with van der Waals surface area (Å²) < 4.78 is 11.1. The average Bonchev–Trinajstić information content (AvgIpc) is 2.80. The molecule has 17 heavy (non-hydrogen) atoms. The molecule has 1 saturated heterocycles. The molecule has 0 aromatic heterocycles. The Balaban J connectivity index is 1.96. The molecule has 1 aromatic carbocycles. The van der Waals surface area contributed by atoms with Crippen molar-refractivity contribution in [3.8, 4) is 5.75 Å². The summed E-state index contributed by atoms with van der Waals surface area (Å²) in [5, 5.41) is 9.95. The first-order valence-corrected chi connectivity index (χ1v) is 6.26. The van der Waals surface area contributed by atoms with Gasteiger partial charge in [0.15, 0.2) is 0 Å². The van der Waals surface area contributed by atoms with E-state index in [1.54, 1.807) is 19.1 Å². The van der Waals surface area contributed by atoms with Crippen LogP contribution in [0.5, 0.6) is 5.75 Å². The van der Waals surface area contributed by atoms with Gasteiger partial charge in [-0.15, -0.1) is 0 Å². The highest BCUT2D eigenvalue weighted by molar-refractivity contribution is 6.32. The second kappa shape index (κ2) is 5.71. The van der Waals surface area contributed by atoms with Gasteiger partial charge >= 0.3 is 0 Å². The maximum absolute atomic E-state index is 9.42. The zero-order valence-corrected chi connectivity index (χ0v) is 10.6. The third-order valence-electron chi connectivity index (χ3n) is 2.89. The molecule has 1 aromatic rings. The van der Waals surface area contributed by atoms with Gasteiger partial charge in [0.2, 0.25) is 0 Å². The van der Waals surface area contributed by atoms with Gasteiger partial charge in [-0.1, -0.05) is 17.7 Å². The van der Waals surface area contributed by atoms with Crippen LogP contribution >= 0.6 is 11.6 Å². The topological polar surface area (TPSA) is 38.7 Å². The van der Waals surface area contributed by atoms with Crippen molar-refractivity contribution in [2.75, 3.05) is 13.2 Å². The van der Waals surface area contributed by atoms with Crippen molar-refractivity contribution in [1.82, 2.24) is 0 Å². The Morgan fingerprint density at radius 2 is 2.41 bits per heavy atom. The molecule has 1 aliphatic heterocycles. The molecular formula is C13H17ClO3. The highest BCUT2D eigenvalue weighted by Crippen LogP contribution is 2.28. The molecule has 2 rings (SSSR count). The molecule has 0 bridgehead atoms. The van der Waals surface area contributed by atoms with Crippen LogP contribution in [0.25, 0.3) is 0 Å². The molecule has 0 saturated carbocycles. The van der Waals surface area contributed by atoms with Gasteiger partial charge in [0.1, 0.15) is 12.4 Å². The lowest BCUT2D eigenvalue weighted by Crippen LogP contribution is -2.16. The highest BCUT2D eigenvalue weighted by Gasteiger charge is 2.16. The van der Waals surface area contributed by atoms with Gasteiger partial charge in [-0.05, 0) is 37.5 Å². The Labute approximate surface area is 106 Å². The van der Waals surface area contributed by atoms with Crippen molar-refractivity contribution in [2.45, 2.75) is 32.0 Å². The zero-order chi connectivity index (χ0) is 12.3. The van der Waals surface area contributed by atoms with Gasteiger partial charge in [0.25, 0.3) is 0 Å². The van der Waals surface area contributed by atoms with Crippen molar-refractivity contribution in [3.05, 3.63) is 28.8 Å². The fraction of sp³-hybridized carbons (Fsp3) is 0.538. The largest absolute Gasteiger partial charge is 0.489 e. The minimum atomic E-state index is -0.514. The summed E-state index contributed by atoms with van der Waals surface area (Å²) in [6, 6.07) is 5.35. The maximum Gasteiger partial charge on any atom is 0.138 e. The quantitative estimate of drug-likeness (QED) is 0.900. The minimum absolute atomic E-state index is 0.183. The second-order valence-electron chi connectivity index (χ2n) is 4.31. The van der Waals surface area contributed by atoms with Crippen LogP contribution in [0.4, 0.5) is 0 Å². The van der Waals surface area contributed by atoms with E-state index in [2.05, 4.69) is 0 Å². The summed E-state index contributed by atoms with van der Waals surface area (Å²) in [6.45, 7) is 3.06. The van der Waals surface area contributed by atoms with Crippen molar-refractivity contribution in [1.29, 1.82) is 0 Å². The Kier molecular flexibility index (Phi) is 4.26. The van der Waals surface area contributed by atoms with Crippen molar-refractivity contribution in [2.24, 2.45) is 0 Å². The third kappa shape index (κ3) is 3.35. The van der Waals surface area contributed by atoms with Gasteiger partial charge in [-0.25, -0.2) is 0 Å². The zero-order valence-electron chi connectivity index (χ0n) is 9.86. The molecule has 0 radical (unpaired) electrons. The molecule has 1 heterocycles. The fourth-order valence-electron chi connectivity index (χ4n) is 1.85. The van der Waals surface area contributed by atoms with E-state index in [0.717, 1.165) is 25.0 Å². The molecule has 0 spiro atoms. The van der Waals surface area contributed by atoms with E-state index in [1.165, 1.54) is 0 Å². The molecule has 0 amide bonds. The first-order valence-electron chi connectivity index (χ1n) is 5.88. The number of aliphatic hydroxyl groups is 1. The fourth-order valence-corrected chi connectivity index (χ4v) is 2.10. The lowest BCUT2D eigenvalue weighted by molar-refractivity contribution is 0.0679. The number of hydrogen-bond donors (Lipinski definition) is 1. The number of aliphatic hydroxyl groups excluding tert-OH is 1. The Hall–Kier alpha value is -0.770. The van der Waals surface area contributed by atoms with Crippen LogP contribution < -0.4 is 4.74 Å². The van der Waals surface area contributed by atoms with E-state index in [4.69, 9.17) is 21.1 Å². The molecule has 1 unspecified atom stereocenters. The Morgan fingerprint density at radius 1 is 1.59 bits per heavy atom. The number of hydrogen-bond acceptors (Lipinski definition) is 3. The molecule has 94 valence electrons.